The average Bonchev–Trinajstić information content (AvgIpc) is 2.98. The number of carbonyl (C=O) groups excluding carboxylic acids is 1. The molecule has 1 aliphatic rings. The van der Waals surface area contributed by atoms with Gasteiger partial charge in [-0.15, -0.1) is 0 Å². The first kappa shape index (κ1) is 14.7. The summed E-state index contributed by atoms with van der Waals surface area (Å²) in [5.74, 6) is -0.166. The molecule has 1 fully saturated rings. The number of nitrogens with two attached hydrogens (primary N) is 1. The van der Waals surface area contributed by atoms with Gasteiger partial charge < -0.3 is 30.4 Å². The first-order chi connectivity index (χ1) is 10.5. The zero-order chi connectivity index (χ0) is 16.0. The van der Waals surface area contributed by atoms with E-state index in [0.717, 1.165) is 0 Å². The van der Waals surface area contributed by atoms with Crippen molar-refractivity contribution in [3.05, 3.63) is 22.1 Å². The van der Waals surface area contributed by atoms with Gasteiger partial charge in [0.2, 0.25) is 5.95 Å². The van der Waals surface area contributed by atoms with Crippen LogP contribution in [0.15, 0.2) is 11.0 Å². The second kappa shape index (κ2) is 5.18. The molecule has 2 aromatic rings. The molecular formula is C12H14N4O6. The fourth-order valence-electron chi connectivity index (χ4n) is 2.59. The van der Waals surface area contributed by atoms with Gasteiger partial charge in [0.25, 0.3) is 5.56 Å². The first-order valence-electron chi connectivity index (χ1n) is 6.46. The van der Waals surface area contributed by atoms with Crippen LogP contribution >= 0.6 is 0 Å². The molecule has 0 aliphatic carbocycles. The number of hydrogen-bond acceptors (Lipinski definition) is 8. The number of rotatable bonds is 3. The van der Waals surface area contributed by atoms with Gasteiger partial charge in [0, 0.05) is 11.8 Å². The van der Waals surface area contributed by atoms with E-state index in [2.05, 4.69) is 9.97 Å². The SMILES string of the molecule is Nc1nc2c(c(C=O)cn2[C@@H]2O[C@H](CO)[C@@H](O)[C@H]2O)c(=O)[nH]1. The summed E-state index contributed by atoms with van der Waals surface area (Å²) in [6.45, 7) is -0.495. The maximum absolute atomic E-state index is 11.9. The number of anilines is 1. The molecular weight excluding hydrogens is 296 g/mol. The van der Waals surface area contributed by atoms with E-state index in [1.807, 2.05) is 0 Å². The summed E-state index contributed by atoms with van der Waals surface area (Å²) in [6, 6.07) is 0. The van der Waals surface area contributed by atoms with Gasteiger partial charge in [-0.25, -0.2) is 0 Å². The lowest BCUT2D eigenvalue weighted by Gasteiger charge is -2.17. The van der Waals surface area contributed by atoms with Crippen LogP contribution in [-0.2, 0) is 4.74 Å². The number of carbonyl (C=O) groups is 1. The minimum absolute atomic E-state index is 0.00179. The van der Waals surface area contributed by atoms with Gasteiger partial charge in [-0.1, -0.05) is 0 Å². The van der Waals surface area contributed by atoms with Gasteiger partial charge in [-0.3, -0.25) is 14.6 Å². The molecule has 0 amide bonds. The van der Waals surface area contributed by atoms with Crippen molar-refractivity contribution in [3.63, 3.8) is 0 Å². The summed E-state index contributed by atoms with van der Waals surface area (Å²) in [5, 5.41) is 29.0. The molecule has 6 N–H and O–H groups in total. The minimum Gasteiger partial charge on any atom is -0.394 e. The molecule has 0 bridgehead atoms. The summed E-state index contributed by atoms with van der Waals surface area (Å²) < 4.78 is 6.62. The van der Waals surface area contributed by atoms with E-state index in [-0.39, 0.29) is 22.5 Å². The van der Waals surface area contributed by atoms with Crippen molar-refractivity contribution in [2.45, 2.75) is 24.5 Å². The number of ether oxygens (including phenoxy) is 1. The summed E-state index contributed by atoms with van der Waals surface area (Å²) in [4.78, 5) is 29.3. The van der Waals surface area contributed by atoms with Crippen molar-refractivity contribution in [2.75, 3.05) is 12.3 Å². The van der Waals surface area contributed by atoms with Crippen molar-refractivity contribution in [1.82, 2.24) is 14.5 Å². The lowest BCUT2D eigenvalue weighted by molar-refractivity contribution is -0.0508. The van der Waals surface area contributed by atoms with E-state index in [1.54, 1.807) is 0 Å². The van der Waals surface area contributed by atoms with Crippen LogP contribution in [0.4, 0.5) is 5.95 Å². The standard InChI is InChI=1S/C12H14N4O6/c13-12-14-9-6(10(21)15-12)4(2-17)1-16(9)11-8(20)7(19)5(3-18)22-11/h1-2,5,7-8,11,18-20H,3H2,(H3,13,14,15,21)/t5-,7-,8-,11-/m1/s1. The van der Waals surface area contributed by atoms with Gasteiger partial charge in [-0.2, -0.15) is 4.98 Å². The van der Waals surface area contributed by atoms with Crippen LogP contribution in [0.3, 0.4) is 0 Å². The molecule has 10 heteroatoms. The van der Waals surface area contributed by atoms with Crippen LogP contribution < -0.4 is 11.3 Å². The average molecular weight is 310 g/mol. The van der Waals surface area contributed by atoms with E-state index in [9.17, 15) is 19.8 Å². The van der Waals surface area contributed by atoms with E-state index in [0.29, 0.717) is 6.29 Å². The third-order valence-electron chi connectivity index (χ3n) is 3.65. The summed E-state index contributed by atoms with van der Waals surface area (Å²) in [7, 11) is 0. The molecule has 3 heterocycles. The van der Waals surface area contributed by atoms with Crippen molar-refractivity contribution < 1.29 is 24.9 Å². The van der Waals surface area contributed by atoms with Crippen LogP contribution in [0.5, 0.6) is 0 Å². The molecule has 10 nitrogen and oxygen atoms in total. The van der Waals surface area contributed by atoms with E-state index >= 15 is 0 Å². The molecule has 0 spiro atoms. The summed E-state index contributed by atoms with van der Waals surface area (Å²) in [5.41, 5.74) is 4.98. The van der Waals surface area contributed by atoms with Crippen LogP contribution in [-0.4, -0.2) is 61.1 Å². The molecule has 0 aromatic carbocycles. The second-order valence-corrected chi connectivity index (χ2v) is 4.99. The fourth-order valence-corrected chi connectivity index (χ4v) is 2.59. The topological polar surface area (TPSA) is 164 Å². The highest BCUT2D eigenvalue weighted by atomic mass is 16.6. The smallest absolute Gasteiger partial charge is 0.262 e. The Hall–Kier alpha value is -2.27. The number of fused-ring (bicyclic) bond motifs is 1. The predicted molar refractivity (Wildman–Crippen MR) is 73.2 cm³/mol. The molecule has 0 radical (unpaired) electrons. The normalized spacial score (nSPS) is 28.3. The van der Waals surface area contributed by atoms with E-state index in [1.165, 1.54) is 10.8 Å². The van der Waals surface area contributed by atoms with Gasteiger partial charge in [0.1, 0.15) is 18.3 Å². The van der Waals surface area contributed by atoms with Crippen LogP contribution in [0.25, 0.3) is 11.0 Å². The Kier molecular flexibility index (Phi) is 3.45. The zero-order valence-electron chi connectivity index (χ0n) is 11.2. The Labute approximate surface area is 122 Å². The molecule has 0 saturated carbocycles. The Balaban J connectivity index is 2.20. The third-order valence-corrected chi connectivity index (χ3v) is 3.65. The number of aliphatic hydroxyl groups is 3. The molecule has 0 unspecified atom stereocenters. The highest BCUT2D eigenvalue weighted by Crippen LogP contribution is 2.32. The van der Waals surface area contributed by atoms with Gasteiger partial charge in [-0.05, 0) is 0 Å². The van der Waals surface area contributed by atoms with Gasteiger partial charge in [0.05, 0.1) is 12.0 Å². The number of hydrogen-bond donors (Lipinski definition) is 5. The molecule has 1 aliphatic heterocycles. The van der Waals surface area contributed by atoms with Crippen molar-refractivity contribution in [3.8, 4) is 0 Å². The number of H-pyrrole nitrogens is 1. The molecule has 1 saturated heterocycles. The van der Waals surface area contributed by atoms with E-state index < -0.39 is 36.7 Å². The molecule has 2 aromatic heterocycles. The molecule has 118 valence electrons. The highest BCUT2D eigenvalue weighted by Gasteiger charge is 2.44. The first-order valence-corrected chi connectivity index (χ1v) is 6.46. The maximum Gasteiger partial charge on any atom is 0.262 e. The van der Waals surface area contributed by atoms with Crippen molar-refractivity contribution in [2.24, 2.45) is 0 Å². The Morgan fingerprint density at radius 2 is 2.18 bits per heavy atom. The van der Waals surface area contributed by atoms with E-state index in [4.69, 9.17) is 15.6 Å². The number of aldehydes is 1. The largest absolute Gasteiger partial charge is 0.394 e. The number of nitrogens with zero attached hydrogens (tertiary/aromatic N) is 2. The predicted octanol–water partition coefficient (Wildman–Crippen LogP) is -2.27. The molecule has 3 rings (SSSR count). The number of nitrogen functional groups attached to an aromatic ring is 1. The van der Waals surface area contributed by atoms with Gasteiger partial charge in [0.15, 0.2) is 18.2 Å². The Bertz CT molecular complexity index is 784. The zero-order valence-corrected chi connectivity index (χ0v) is 11.2. The minimum atomic E-state index is -1.37. The molecule has 22 heavy (non-hydrogen) atoms. The number of nitrogens with one attached hydrogen (secondary N) is 1. The van der Waals surface area contributed by atoms with Crippen molar-refractivity contribution >= 4 is 23.3 Å². The summed E-state index contributed by atoms with van der Waals surface area (Å²) >= 11 is 0. The highest BCUT2D eigenvalue weighted by molar-refractivity contribution is 5.95. The monoisotopic (exact) mass is 310 g/mol. The van der Waals surface area contributed by atoms with Gasteiger partial charge >= 0.3 is 0 Å². The van der Waals surface area contributed by atoms with Crippen molar-refractivity contribution in [1.29, 1.82) is 0 Å². The van der Waals surface area contributed by atoms with Crippen LogP contribution in [0, 0.1) is 0 Å². The number of aliphatic hydroxyl groups excluding tert-OH is 3. The third kappa shape index (κ3) is 2.01. The van der Waals surface area contributed by atoms with Crippen LogP contribution in [0.2, 0.25) is 0 Å². The lowest BCUT2D eigenvalue weighted by Crippen LogP contribution is -2.33. The lowest BCUT2D eigenvalue weighted by atomic mass is 10.1. The summed E-state index contributed by atoms with van der Waals surface area (Å²) in [6.07, 6.45) is -3.04. The fraction of sp³-hybridized carbons (Fsp3) is 0.417. The van der Waals surface area contributed by atoms with Crippen LogP contribution in [0.1, 0.15) is 16.6 Å². The number of aromatic nitrogens is 3. The number of aromatic amines is 1. The quantitative estimate of drug-likeness (QED) is 0.396. The Morgan fingerprint density at radius 3 is 2.77 bits per heavy atom. The maximum atomic E-state index is 11.9. The second-order valence-electron chi connectivity index (χ2n) is 4.99. The Morgan fingerprint density at radius 1 is 1.45 bits per heavy atom. The molecule has 4 atom stereocenters.